The molecule has 1 aliphatic rings. The second-order valence-corrected chi connectivity index (χ2v) is 5.33. The van der Waals surface area contributed by atoms with Crippen molar-refractivity contribution in [1.82, 2.24) is 0 Å². The van der Waals surface area contributed by atoms with Crippen LogP contribution in [-0.2, 0) is 0 Å². The molecule has 0 aliphatic carbocycles. The van der Waals surface area contributed by atoms with Crippen molar-refractivity contribution in [2.45, 2.75) is 6.92 Å². The van der Waals surface area contributed by atoms with E-state index in [0.717, 1.165) is 32.9 Å². The fourth-order valence-corrected chi connectivity index (χ4v) is 2.72. The van der Waals surface area contributed by atoms with Crippen LogP contribution >= 0.6 is 0 Å². The average molecular weight is 258 g/mol. The maximum atomic E-state index is 6.16. The summed E-state index contributed by atoms with van der Waals surface area (Å²) in [6, 6.07) is 16.7. The van der Waals surface area contributed by atoms with Gasteiger partial charge in [0.25, 0.3) is 0 Å². The van der Waals surface area contributed by atoms with Gasteiger partial charge in [-0.25, -0.2) is 0 Å². The summed E-state index contributed by atoms with van der Waals surface area (Å²) in [5.74, 6) is 1.88. The van der Waals surface area contributed by atoms with Gasteiger partial charge >= 0.3 is 0 Å². The lowest BCUT2D eigenvalue weighted by Gasteiger charge is -2.17. The molecule has 96 valence electrons. The van der Waals surface area contributed by atoms with E-state index in [2.05, 4.69) is 62.0 Å². The second-order valence-electron chi connectivity index (χ2n) is 5.33. The van der Waals surface area contributed by atoms with Gasteiger partial charge in [-0.2, -0.15) is 0 Å². The minimum atomic E-state index is 0.934. The van der Waals surface area contributed by atoms with Crippen molar-refractivity contribution >= 4 is 23.4 Å². The molecule has 0 saturated heterocycles. The molecule has 3 aromatic carbocycles. The van der Waals surface area contributed by atoms with Crippen molar-refractivity contribution in [3.8, 4) is 11.5 Å². The number of aryl methyl sites for hydroxylation is 1. The Labute approximate surface area is 117 Å². The van der Waals surface area contributed by atoms with Gasteiger partial charge in [0.1, 0.15) is 11.5 Å². The Bertz CT molecular complexity index is 951. The van der Waals surface area contributed by atoms with E-state index in [1.165, 1.54) is 10.9 Å². The van der Waals surface area contributed by atoms with Crippen LogP contribution in [0.15, 0.2) is 48.5 Å². The average Bonchev–Trinajstić information content (AvgIpc) is 2.44. The molecule has 1 heterocycles. The van der Waals surface area contributed by atoms with Gasteiger partial charge in [-0.3, -0.25) is 0 Å². The minimum Gasteiger partial charge on any atom is -0.455 e. The first kappa shape index (κ1) is 11.3. The smallest absolute Gasteiger partial charge is 0.142 e. The Morgan fingerprint density at radius 3 is 2.75 bits per heavy atom. The maximum absolute atomic E-state index is 6.16. The van der Waals surface area contributed by atoms with Crippen molar-refractivity contribution in [1.29, 1.82) is 0 Å². The molecule has 0 unspecified atom stereocenters. The molecule has 3 aromatic rings. The third-order valence-electron chi connectivity index (χ3n) is 3.76. The minimum absolute atomic E-state index is 0.934. The fourth-order valence-electron chi connectivity index (χ4n) is 2.72. The summed E-state index contributed by atoms with van der Waals surface area (Å²) in [5, 5.41) is 4.46. The van der Waals surface area contributed by atoms with Crippen LogP contribution in [0.5, 0.6) is 11.5 Å². The summed E-state index contributed by atoms with van der Waals surface area (Å²) in [6.45, 7) is 6.06. The zero-order chi connectivity index (χ0) is 13.7. The van der Waals surface area contributed by atoms with E-state index in [4.69, 9.17) is 4.74 Å². The maximum Gasteiger partial charge on any atom is 0.142 e. The Balaban J connectivity index is 2.07. The predicted octanol–water partition coefficient (Wildman–Crippen LogP) is 3.49. The van der Waals surface area contributed by atoms with Crippen LogP contribution in [0, 0.1) is 6.92 Å². The molecule has 1 nitrogen and oxygen atoms in total. The Morgan fingerprint density at radius 2 is 1.85 bits per heavy atom. The van der Waals surface area contributed by atoms with E-state index < -0.39 is 0 Å². The zero-order valence-corrected chi connectivity index (χ0v) is 11.3. The normalized spacial score (nSPS) is 12.2. The largest absolute Gasteiger partial charge is 0.455 e. The van der Waals surface area contributed by atoms with Crippen LogP contribution < -0.4 is 15.2 Å². The van der Waals surface area contributed by atoms with Gasteiger partial charge < -0.3 is 4.74 Å². The SMILES string of the molecule is C=c1ccc2c3c(ccc2c1)=Cc1ccc(C)cc1O3. The van der Waals surface area contributed by atoms with Gasteiger partial charge in [0.05, 0.1) is 0 Å². The molecular weight excluding hydrogens is 244 g/mol. The molecule has 4 rings (SSSR count). The van der Waals surface area contributed by atoms with Crippen molar-refractivity contribution < 1.29 is 4.74 Å². The van der Waals surface area contributed by atoms with E-state index >= 15 is 0 Å². The fraction of sp³-hybridized carbons (Fsp3) is 0.0526. The van der Waals surface area contributed by atoms with Gasteiger partial charge in [0, 0.05) is 16.2 Å². The van der Waals surface area contributed by atoms with Crippen molar-refractivity contribution in [3.05, 3.63) is 70.1 Å². The summed E-state index contributed by atoms with van der Waals surface area (Å²) in [7, 11) is 0. The first-order valence-corrected chi connectivity index (χ1v) is 6.73. The zero-order valence-electron chi connectivity index (χ0n) is 11.3. The summed E-state index contributed by atoms with van der Waals surface area (Å²) in [4.78, 5) is 0. The summed E-state index contributed by atoms with van der Waals surface area (Å²) >= 11 is 0. The van der Waals surface area contributed by atoms with Crippen LogP contribution in [0.25, 0.3) is 23.4 Å². The quantitative estimate of drug-likeness (QED) is 0.469. The second kappa shape index (κ2) is 3.97. The lowest BCUT2D eigenvalue weighted by Crippen LogP contribution is -2.11. The van der Waals surface area contributed by atoms with Crippen LogP contribution in [-0.4, -0.2) is 0 Å². The topological polar surface area (TPSA) is 9.23 Å². The number of benzene rings is 3. The van der Waals surface area contributed by atoms with Gasteiger partial charge in [0.15, 0.2) is 0 Å². The predicted molar refractivity (Wildman–Crippen MR) is 83.5 cm³/mol. The number of rotatable bonds is 0. The lowest BCUT2D eigenvalue weighted by atomic mass is 10.0. The summed E-state index contributed by atoms with van der Waals surface area (Å²) < 4.78 is 6.16. The Morgan fingerprint density at radius 1 is 0.950 bits per heavy atom. The highest BCUT2D eigenvalue weighted by Gasteiger charge is 2.13. The third-order valence-corrected chi connectivity index (χ3v) is 3.76. The van der Waals surface area contributed by atoms with Crippen LogP contribution in [0.2, 0.25) is 0 Å². The molecular formula is C19H14O. The molecule has 0 saturated carbocycles. The Kier molecular flexibility index (Phi) is 2.25. The monoisotopic (exact) mass is 258 g/mol. The molecule has 0 amide bonds. The molecule has 0 radical (unpaired) electrons. The van der Waals surface area contributed by atoms with E-state index in [0.29, 0.717) is 0 Å². The van der Waals surface area contributed by atoms with E-state index in [1.807, 2.05) is 6.07 Å². The van der Waals surface area contributed by atoms with Gasteiger partial charge in [-0.1, -0.05) is 43.0 Å². The van der Waals surface area contributed by atoms with Crippen molar-refractivity contribution in [2.75, 3.05) is 0 Å². The number of fused-ring (bicyclic) bond motifs is 4. The first-order chi connectivity index (χ1) is 9.70. The number of hydrogen-bond acceptors (Lipinski definition) is 1. The van der Waals surface area contributed by atoms with Crippen LogP contribution in [0.4, 0.5) is 0 Å². The number of hydrogen-bond donors (Lipinski definition) is 0. The first-order valence-electron chi connectivity index (χ1n) is 6.73. The van der Waals surface area contributed by atoms with E-state index in [1.54, 1.807) is 0 Å². The molecule has 1 aliphatic heterocycles. The summed E-state index contributed by atoms with van der Waals surface area (Å²) in [5.41, 5.74) is 2.34. The standard InChI is InChI=1S/C19H14O/c1-12-4-8-17-14(9-12)6-7-16-11-15-5-3-13(2)10-18(15)20-19(16)17/h3-11H,1H2,2H3. The lowest BCUT2D eigenvalue weighted by molar-refractivity contribution is 0.479. The van der Waals surface area contributed by atoms with Crippen LogP contribution in [0.3, 0.4) is 0 Å². The van der Waals surface area contributed by atoms with Gasteiger partial charge in [-0.15, -0.1) is 0 Å². The highest BCUT2D eigenvalue weighted by Crippen LogP contribution is 2.32. The van der Waals surface area contributed by atoms with Gasteiger partial charge in [0.2, 0.25) is 0 Å². The molecule has 0 N–H and O–H groups in total. The molecule has 0 spiro atoms. The molecule has 0 atom stereocenters. The molecule has 0 aromatic heterocycles. The molecule has 1 heteroatoms. The van der Waals surface area contributed by atoms with Crippen molar-refractivity contribution in [3.63, 3.8) is 0 Å². The summed E-state index contributed by atoms with van der Waals surface area (Å²) in [6.07, 6.45) is 2.19. The molecule has 20 heavy (non-hydrogen) atoms. The van der Waals surface area contributed by atoms with E-state index in [9.17, 15) is 0 Å². The van der Waals surface area contributed by atoms with E-state index in [-0.39, 0.29) is 0 Å². The van der Waals surface area contributed by atoms with Crippen molar-refractivity contribution in [2.24, 2.45) is 0 Å². The third kappa shape index (κ3) is 1.64. The van der Waals surface area contributed by atoms with Gasteiger partial charge in [-0.05, 0) is 41.3 Å². The highest BCUT2D eigenvalue weighted by atomic mass is 16.5. The number of ether oxygens (including phenoxy) is 1. The Hall–Kier alpha value is -2.54. The molecule has 0 bridgehead atoms. The highest BCUT2D eigenvalue weighted by molar-refractivity contribution is 5.90. The molecule has 0 fully saturated rings. The van der Waals surface area contributed by atoms with Crippen LogP contribution in [0.1, 0.15) is 11.1 Å².